The van der Waals surface area contributed by atoms with Gasteiger partial charge in [-0.15, -0.1) is 11.3 Å². The van der Waals surface area contributed by atoms with Gasteiger partial charge in [0.05, 0.1) is 3.79 Å². The molecule has 1 N–H and O–H groups in total. The average molecular weight is 260 g/mol. The van der Waals surface area contributed by atoms with Crippen LogP contribution in [0.2, 0.25) is 0 Å². The maximum Gasteiger partial charge on any atom is 0.0701 e. The van der Waals surface area contributed by atoms with Gasteiger partial charge in [-0.05, 0) is 66.3 Å². The molecule has 0 aliphatic carbocycles. The molecule has 0 saturated carbocycles. The predicted molar refractivity (Wildman–Crippen MR) is 61.3 cm³/mol. The van der Waals surface area contributed by atoms with Gasteiger partial charge in [-0.25, -0.2) is 0 Å². The molecule has 1 atom stereocenters. The summed E-state index contributed by atoms with van der Waals surface area (Å²) < 4.78 is 1.26. The van der Waals surface area contributed by atoms with Gasteiger partial charge in [0.2, 0.25) is 0 Å². The van der Waals surface area contributed by atoms with E-state index in [1.54, 1.807) is 0 Å². The van der Waals surface area contributed by atoms with Gasteiger partial charge >= 0.3 is 0 Å². The first-order chi connectivity index (χ1) is 6.34. The first kappa shape index (κ1) is 9.69. The van der Waals surface area contributed by atoms with Crippen molar-refractivity contribution in [3.63, 3.8) is 0 Å². The van der Waals surface area contributed by atoms with E-state index >= 15 is 0 Å². The summed E-state index contributed by atoms with van der Waals surface area (Å²) in [6.45, 7) is 2.42. The van der Waals surface area contributed by atoms with Crippen LogP contribution in [-0.4, -0.2) is 13.1 Å². The highest BCUT2D eigenvalue weighted by molar-refractivity contribution is 9.11. The molecule has 1 saturated heterocycles. The molecule has 0 radical (unpaired) electrons. The van der Waals surface area contributed by atoms with Crippen LogP contribution in [0.3, 0.4) is 0 Å². The lowest BCUT2D eigenvalue weighted by Gasteiger charge is -2.21. The Morgan fingerprint density at radius 1 is 1.54 bits per heavy atom. The Morgan fingerprint density at radius 3 is 3.08 bits per heavy atom. The fourth-order valence-electron chi connectivity index (χ4n) is 1.84. The topological polar surface area (TPSA) is 12.0 Å². The highest BCUT2D eigenvalue weighted by Crippen LogP contribution is 2.26. The zero-order chi connectivity index (χ0) is 9.10. The zero-order valence-corrected chi connectivity index (χ0v) is 9.96. The molecule has 1 aliphatic rings. The second-order valence-corrected chi connectivity index (χ2v) is 6.17. The summed E-state index contributed by atoms with van der Waals surface area (Å²) in [4.78, 5) is 1.51. The minimum absolute atomic E-state index is 0.860. The van der Waals surface area contributed by atoms with Gasteiger partial charge in [0.15, 0.2) is 0 Å². The van der Waals surface area contributed by atoms with E-state index in [0.717, 1.165) is 5.92 Å². The van der Waals surface area contributed by atoms with Crippen LogP contribution in [0, 0.1) is 5.92 Å². The highest BCUT2D eigenvalue weighted by atomic mass is 79.9. The van der Waals surface area contributed by atoms with Crippen LogP contribution in [0.4, 0.5) is 0 Å². The van der Waals surface area contributed by atoms with Crippen LogP contribution in [0.25, 0.3) is 0 Å². The van der Waals surface area contributed by atoms with E-state index in [-0.39, 0.29) is 0 Å². The first-order valence-corrected chi connectivity index (χ1v) is 6.40. The molecule has 1 aromatic heterocycles. The summed E-state index contributed by atoms with van der Waals surface area (Å²) in [7, 11) is 0. The summed E-state index contributed by atoms with van der Waals surface area (Å²) in [6, 6.07) is 4.39. The van der Waals surface area contributed by atoms with E-state index in [2.05, 4.69) is 33.4 Å². The first-order valence-electron chi connectivity index (χ1n) is 4.79. The summed E-state index contributed by atoms with van der Waals surface area (Å²) in [6.07, 6.45) is 3.99. The largest absolute Gasteiger partial charge is 0.316 e. The fraction of sp³-hybridized carbons (Fsp3) is 0.600. The minimum atomic E-state index is 0.860. The van der Waals surface area contributed by atoms with Gasteiger partial charge < -0.3 is 5.32 Å². The van der Waals surface area contributed by atoms with Gasteiger partial charge in [0.1, 0.15) is 0 Å². The summed E-state index contributed by atoms with van der Waals surface area (Å²) in [5.74, 6) is 0.860. The molecule has 0 amide bonds. The van der Waals surface area contributed by atoms with E-state index < -0.39 is 0 Å². The van der Waals surface area contributed by atoms with Crippen molar-refractivity contribution in [2.75, 3.05) is 13.1 Å². The molecule has 0 bridgehead atoms. The van der Waals surface area contributed by atoms with Crippen LogP contribution in [-0.2, 0) is 6.42 Å². The average Bonchev–Trinajstić information content (AvgIpc) is 2.53. The molecule has 2 heterocycles. The zero-order valence-electron chi connectivity index (χ0n) is 7.55. The van der Waals surface area contributed by atoms with Crippen LogP contribution in [0.5, 0.6) is 0 Å². The number of piperidine rings is 1. The molecule has 0 aromatic carbocycles. The van der Waals surface area contributed by atoms with Gasteiger partial charge in [-0.2, -0.15) is 0 Å². The molecule has 1 aromatic rings. The third-order valence-electron chi connectivity index (χ3n) is 2.52. The lowest BCUT2D eigenvalue weighted by Crippen LogP contribution is -2.30. The third-order valence-corrected chi connectivity index (χ3v) is 4.16. The van der Waals surface area contributed by atoms with E-state index in [9.17, 15) is 0 Å². The van der Waals surface area contributed by atoms with Crippen molar-refractivity contribution in [2.24, 2.45) is 5.92 Å². The molecule has 72 valence electrons. The molecule has 1 unspecified atom stereocenters. The van der Waals surface area contributed by atoms with Crippen LogP contribution in [0.1, 0.15) is 17.7 Å². The molecular weight excluding hydrogens is 246 g/mol. The molecular formula is C10H14BrNS. The van der Waals surface area contributed by atoms with E-state index in [0.29, 0.717) is 0 Å². The monoisotopic (exact) mass is 259 g/mol. The van der Waals surface area contributed by atoms with E-state index in [1.165, 1.54) is 41.0 Å². The standard InChI is InChI=1S/C10H14BrNS/c11-10-4-3-9(13-10)6-8-2-1-5-12-7-8/h3-4,8,12H,1-2,5-7H2. The molecule has 2 rings (SSSR count). The number of rotatable bonds is 2. The second kappa shape index (κ2) is 4.58. The van der Waals surface area contributed by atoms with Crippen molar-refractivity contribution in [1.29, 1.82) is 0 Å². The maximum atomic E-state index is 3.50. The van der Waals surface area contributed by atoms with Crippen molar-refractivity contribution < 1.29 is 0 Å². The number of hydrogen-bond donors (Lipinski definition) is 1. The maximum absolute atomic E-state index is 3.50. The van der Waals surface area contributed by atoms with E-state index in [1.807, 2.05) is 11.3 Å². The molecule has 13 heavy (non-hydrogen) atoms. The molecule has 1 nitrogen and oxygen atoms in total. The van der Waals surface area contributed by atoms with Gasteiger partial charge in [0.25, 0.3) is 0 Å². The van der Waals surface area contributed by atoms with Crippen molar-refractivity contribution >= 4 is 27.3 Å². The number of thiophene rings is 1. The van der Waals surface area contributed by atoms with Crippen molar-refractivity contribution in [3.05, 3.63) is 20.8 Å². The number of halogens is 1. The Bertz CT molecular complexity index is 266. The van der Waals surface area contributed by atoms with Crippen molar-refractivity contribution in [1.82, 2.24) is 5.32 Å². The molecule has 0 spiro atoms. The normalized spacial score (nSPS) is 23.3. The SMILES string of the molecule is Brc1ccc(CC2CCCNC2)s1. The second-order valence-electron chi connectivity index (χ2n) is 3.62. The van der Waals surface area contributed by atoms with Crippen molar-refractivity contribution in [2.45, 2.75) is 19.3 Å². The van der Waals surface area contributed by atoms with E-state index in [4.69, 9.17) is 0 Å². The Morgan fingerprint density at radius 2 is 2.46 bits per heavy atom. The number of nitrogens with one attached hydrogen (secondary N) is 1. The molecule has 3 heteroatoms. The smallest absolute Gasteiger partial charge is 0.0701 e. The molecule has 1 fully saturated rings. The van der Waals surface area contributed by atoms with Crippen molar-refractivity contribution in [3.8, 4) is 0 Å². The van der Waals surface area contributed by atoms with Gasteiger partial charge in [-0.1, -0.05) is 0 Å². The summed E-state index contributed by atoms with van der Waals surface area (Å²) in [5.41, 5.74) is 0. The Kier molecular flexibility index (Phi) is 3.41. The van der Waals surface area contributed by atoms with Crippen LogP contribution in [0.15, 0.2) is 15.9 Å². The van der Waals surface area contributed by atoms with Gasteiger partial charge in [0, 0.05) is 4.88 Å². The summed E-state index contributed by atoms with van der Waals surface area (Å²) in [5, 5.41) is 3.45. The lowest BCUT2D eigenvalue weighted by molar-refractivity contribution is 0.378. The minimum Gasteiger partial charge on any atom is -0.316 e. The van der Waals surface area contributed by atoms with Gasteiger partial charge in [-0.3, -0.25) is 0 Å². The predicted octanol–water partition coefficient (Wildman–Crippen LogP) is 3.05. The molecule has 1 aliphatic heterocycles. The Labute approximate surface area is 91.7 Å². The summed E-state index contributed by atoms with van der Waals surface area (Å²) >= 11 is 5.37. The van der Waals surface area contributed by atoms with Crippen LogP contribution < -0.4 is 5.32 Å². The quantitative estimate of drug-likeness (QED) is 0.861. The Balaban J connectivity index is 1.89. The highest BCUT2D eigenvalue weighted by Gasteiger charge is 2.13. The fourth-order valence-corrected chi connectivity index (χ4v) is 3.44. The third kappa shape index (κ3) is 2.79. The number of hydrogen-bond acceptors (Lipinski definition) is 2. The van der Waals surface area contributed by atoms with Crippen LogP contribution >= 0.6 is 27.3 Å². The lowest BCUT2D eigenvalue weighted by atomic mass is 9.96. The Hall–Kier alpha value is 0.140.